The molecule has 0 spiro atoms. The van der Waals surface area contributed by atoms with Gasteiger partial charge in [0.1, 0.15) is 17.3 Å². The fraction of sp³-hybridized carbons (Fsp3) is 0.240. The maximum atomic E-state index is 13.2. The van der Waals surface area contributed by atoms with Gasteiger partial charge in [-0.25, -0.2) is 52.3 Å². The zero-order chi connectivity index (χ0) is 57.7. The van der Waals surface area contributed by atoms with E-state index in [4.69, 9.17) is 10.8 Å². The number of nitrogens with zero attached hydrogens (tertiary/aromatic N) is 9. The van der Waals surface area contributed by atoms with Gasteiger partial charge in [0.15, 0.2) is 27.3 Å². The molecule has 6 aromatic heterocycles. The van der Waals surface area contributed by atoms with Crippen LogP contribution in [-0.2, 0) is 41.9 Å². The monoisotopic (exact) mass is 1230 g/mol. The third kappa shape index (κ3) is 22.0. The number of nitrogen functional groups attached to an aromatic ring is 1. The molecule has 0 aliphatic carbocycles. The highest BCUT2D eigenvalue weighted by Crippen LogP contribution is 2.22. The Morgan fingerprint density at radius 1 is 0.641 bits per heavy atom. The number of benzene rings is 2. The molecule has 28 heteroatoms. The first kappa shape index (κ1) is 63.8. The Bertz CT molecular complexity index is 3470. The van der Waals surface area contributed by atoms with E-state index < -0.39 is 23.8 Å². The first-order valence-electron chi connectivity index (χ1n) is 23.0. The second-order valence-electron chi connectivity index (χ2n) is 14.8. The van der Waals surface area contributed by atoms with E-state index in [1.807, 2.05) is 12.1 Å². The summed E-state index contributed by atoms with van der Waals surface area (Å²) in [5.74, 6) is -3.16. The van der Waals surface area contributed by atoms with Gasteiger partial charge in [-0.1, -0.05) is 53.8 Å². The Morgan fingerprint density at radius 3 is 1.51 bits per heavy atom. The third-order valence-corrected chi connectivity index (χ3v) is 11.0. The summed E-state index contributed by atoms with van der Waals surface area (Å²) in [7, 11) is 2.51. The number of alkyl halides is 1. The minimum Gasteiger partial charge on any atom is -0.476 e. The van der Waals surface area contributed by atoms with Gasteiger partial charge < -0.3 is 20.3 Å². The average Bonchev–Trinajstić information content (AvgIpc) is 4.06. The summed E-state index contributed by atoms with van der Waals surface area (Å²) in [6.07, 6.45) is 4.59. The summed E-state index contributed by atoms with van der Waals surface area (Å²) in [5, 5.41) is 29.1. The van der Waals surface area contributed by atoms with Crippen LogP contribution in [0, 0.1) is 11.6 Å². The van der Waals surface area contributed by atoms with Gasteiger partial charge in [-0.05, 0) is 84.9 Å². The minimum absolute atomic E-state index is 0.0899. The van der Waals surface area contributed by atoms with Crippen LogP contribution in [0.3, 0.4) is 0 Å². The summed E-state index contributed by atoms with van der Waals surface area (Å²) in [4.78, 5) is 98.4. The predicted molar refractivity (Wildman–Crippen MR) is 297 cm³/mol. The fourth-order valence-electron chi connectivity index (χ4n) is 5.75. The van der Waals surface area contributed by atoms with Gasteiger partial charge in [0, 0.05) is 78.9 Å². The van der Waals surface area contributed by atoms with Gasteiger partial charge in [-0.15, -0.1) is 22.7 Å². The van der Waals surface area contributed by atoms with E-state index in [-0.39, 0.29) is 56.6 Å². The number of carbonyl (C=O) groups excluding carboxylic acids is 3. The molecule has 0 saturated heterocycles. The molecule has 0 radical (unpaired) electrons. The smallest absolute Gasteiger partial charge is 0.358 e. The molecule has 0 saturated carbocycles. The Balaban J connectivity index is 0.000000263. The van der Waals surface area contributed by atoms with Crippen molar-refractivity contribution in [3.8, 4) is 0 Å². The van der Waals surface area contributed by atoms with Gasteiger partial charge in [-0.3, -0.25) is 29.3 Å². The van der Waals surface area contributed by atoms with Crippen LogP contribution in [0.15, 0.2) is 129 Å². The second kappa shape index (κ2) is 33.5. The van der Waals surface area contributed by atoms with E-state index in [2.05, 4.69) is 79.8 Å². The average molecular weight is 1230 g/mol. The summed E-state index contributed by atoms with van der Waals surface area (Å²) >= 11 is 5.03. The van der Waals surface area contributed by atoms with Crippen molar-refractivity contribution in [2.75, 3.05) is 29.7 Å². The number of thiazole rings is 2. The quantitative estimate of drug-likeness (QED) is 0.0604. The van der Waals surface area contributed by atoms with E-state index in [1.54, 1.807) is 45.3 Å². The maximum absolute atomic E-state index is 13.2. The Morgan fingerprint density at radius 2 is 1.08 bits per heavy atom. The molecule has 5 N–H and O–H groups in total. The number of methoxy groups -OCH3 is 2. The van der Waals surface area contributed by atoms with Gasteiger partial charge >= 0.3 is 17.9 Å². The fourth-order valence-corrected chi connectivity index (χ4v) is 7.31. The van der Waals surface area contributed by atoms with Crippen molar-refractivity contribution in [2.45, 2.75) is 60.2 Å². The molecular formula is C50H53F2IN12O11S2. The van der Waals surface area contributed by atoms with Gasteiger partial charge in [0.2, 0.25) is 0 Å². The maximum Gasteiger partial charge on any atom is 0.358 e. The molecule has 0 aliphatic rings. The Kier molecular flexibility index (Phi) is 27.4. The molecule has 1 amide bonds. The number of nitrogens with two attached hydrogens (primary N) is 1. The zero-order valence-electron chi connectivity index (χ0n) is 42.7. The number of aromatic amines is 1. The van der Waals surface area contributed by atoms with Crippen molar-refractivity contribution in [3.05, 3.63) is 206 Å². The van der Waals surface area contributed by atoms with Crippen LogP contribution in [-0.4, -0.2) is 97.1 Å². The van der Waals surface area contributed by atoms with Crippen LogP contribution < -0.4 is 33.3 Å². The lowest BCUT2D eigenvalue weighted by atomic mass is 10.1. The summed E-state index contributed by atoms with van der Waals surface area (Å²) in [5.41, 5.74) is 6.40. The number of esters is 2. The number of carboxylic acid groups (broad SMARTS) is 1. The number of aromatic carboxylic acids is 1. The molecule has 6 heterocycles. The van der Waals surface area contributed by atoms with Gasteiger partial charge in [0.25, 0.3) is 28.1 Å². The number of anilines is 2. The Hall–Kier alpha value is -8.51. The van der Waals surface area contributed by atoms with Crippen LogP contribution in [0.2, 0.25) is 0 Å². The van der Waals surface area contributed by atoms with Crippen molar-refractivity contribution in [2.24, 2.45) is 0 Å². The van der Waals surface area contributed by atoms with Crippen LogP contribution >= 0.6 is 45.3 Å². The summed E-state index contributed by atoms with van der Waals surface area (Å²) < 4.78 is 39.6. The molecule has 0 aliphatic heterocycles. The molecular weight excluding hydrogens is 1170 g/mol. The number of H-pyrrole nitrogens is 1. The topological polar surface area (TPSA) is 321 Å². The number of aryl methyl sites for hydroxylation is 3. The normalized spacial score (nSPS) is 9.91. The molecule has 8 aromatic rings. The number of carbonyl (C=O) groups is 4. The zero-order valence-corrected chi connectivity index (χ0v) is 46.5. The number of aromatic nitrogens is 10. The first-order valence-corrected chi connectivity index (χ1v) is 26.1. The van der Waals surface area contributed by atoms with Crippen molar-refractivity contribution >= 4 is 79.3 Å². The lowest BCUT2D eigenvalue weighted by Gasteiger charge is -2.04. The Labute approximate surface area is 464 Å². The van der Waals surface area contributed by atoms with Crippen LogP contribution in [0.25, 0.3) is 0 Å². The summed E-state index contributed by atoms with van der Waals surface area (Å²) in [6, 6.07) is 23.1. The molecule has 78 heavy (non-hydrogen) atoms. The van der Waals surface area contributed by atoms with Crippen LogP contribution in [0.5, 0.6) is 0 Å². The lowest BCUT2D eigenvalue weighted by Crippen LogP contribution is -2.25. The molecule has 0 bridgehead atoms. The molecule has 412 valence electrons. The number of nitrogens with one attached hydrogen (secondary N) is 2. The number of halogens is 3. The van der Waals surface area contributed by atoms with Crippen LogP contribution in [0.4, 0.5) is 19.0 Å². The van der Waals surface area contributed by atoms with Gasteiger partial charge in [-0.2, -0.15) is 20.4 Å². The van der Waals surface area contributed by atoms with Crippen molar-refractivity contribution in [1.82, 2.24) is 49.5 Å². The minimum atomic E-state index is -1.13. The highest BCUT2D eigenvalue weighted by molar-refractivity contribution is 14.1. The molecule has 2 aromatic carbocycles. The van der Waals surface area contributed by atoms with Crippen molar-refractivity contribution in [3.63, 3.8) is 0 Å². The standard InChI is InChI=1S/C17H15FN4O2S.C10H9FN2S.C8H10N2O3.C7H8N2O3.C6H6N2O3.C2H5I/c1-2-22-15(23)7-6-14(21-22)16(24)20-17-19-10-13(25-17)9-11-4-3-5-12(18)8-11;11-8-3-1-2-7(4-8)5-9-6-13-10(12)14-9;1-3-10-7(11)5-4-6(9-10)8(12)13-2;1-2-9-6(10)4-3-5(8-9)7(11)12;1-11-6(10)4-2-3-5(9)8-7-4;1-2-3/h3-8,10H,2,9H2,1H3,(H,19,20,24);1-4,6H,5H2,(H2,12,13);4-5H,3H2,1-2H3;3-4H,2H2,1H3,(H,11,12);2-3H,1H3,(H,8,9);2H2,1H3. The number of amides is 1. The number of rotatable bonds is 12. The number of hydrogen-bond donors (Lipinski definition) is 4. The van der Waals surface area contributed by atoms with Gasteiger partial charge in [0.05, 0.1) is 14.2 Å². The van der Waals surface area contributed by atoms with Crippen molar-refractivity contribution in [1.29, 1.82) is 0 Å². The van der Waals surface area contributed by atoms with Crippen molar-refractivity contribution < 1.29 is 42.5 Å². The summed E-state index contributed by atoms with van der Waals surface area (Å²) in [6.45, 7) is 8.57. The van der Waals surface area contributed by atoms with E-state index in [1.165, 1.54) is 123 Å². The first-order chi connectivity index (χ1) is 37.3. The van der Waals surface area contributed by atoms with E-state index in [9.17, 15) is 47.1 Å². The number of hydrogen-bond acceptors (Lipinski definition) is 19. The molecule has 8 rings (SSSR count). The SMILES string of the molecule is CCI.CCn1nc(C(=O)Nc2ncc(Cc3cccc(F)c3)s2)ccc1=O.CCn1nc(C(=O)O)ccc1=O.CCn1nc(C(=O)OC)ccc1=O.COC(=O)c1ccc(=O)[nH]n1.Nc1ncc(Cc2cccc(F)c2)s1. The molecule has 0 fully saturated rings. The van der Waals surface area contributed by atoms with E-state index in [0.29, 0.717) is 42.7 Å². The highest BCUT2D eigenvalue weighted by Gasteiger charge is 2.13. The molecule has 0 unspecified atom stereocenters. The molecule has 0 atom stereocenters. The third-order valence-electron chi connectivity index (χ3n) is 9.30. The van der Waals surface area contributed by atoms with E-state index >= 15 is 0 Å². The second-order valence-corrected chi connectivity index (χ2v) is 18.6. The van der Waals surface area contributed by atoms with Crippen LogP contribution in [0.1, 0.15) is 90.5 Å². The highest BCUT2D eigenvalue weighted by atomic mass is 127. The number of carboxylic acids is 1. The van der Waals surface area contributed by atoms with E-state index in [0.717, 1.165) is 25.6 Å². The predicted octanol–water partition coefficient (Wildman–Crippen LogP) is 6.17. The largest absolute Gasteiger partial charge is 0.476 e. The lowest BCUT2D eigenvalue weighted by molar-refractivity contribution is 0.0583. The number of ether oxygens (including phenoxy) is 2. The molecule has 23 nitrogen and oxygen atoms in total.